The van der Waals surface area contributed by atoms with E-state index in [9.17, 15) is 14.7 Å². The lowest BCUT2D eigenvalue weighted by Gasteiger charge is -2.25. The summed E-state index contributed by atoms with van der Waals surface area (Å²) >= 11 is 0. The van der Waals surface area contributed by atoms with Crippen molar-refractivity contribution in [2.75, 3.05) is 0 Å². The number of benzene rings is 1. The predicted octanol–water partition coefficient (Wildman–Crippen LogP) is 2.57. The number of ether oxygens (including phenoxy) is 2. The van der Waals surface area contributed by atoms with Gasteiger partial charge in [0.1, 0.15) is 5.60 Å². The molecule has 1 rings (SSSR count). The summed E-state index contributed by atoms with van der Waals surface area (Å²) in [7, 11) is 0. The predicted molar refractivity (Wildman–Crippen MR) is 81.5 cm³/mol. The van der Waals surface area contributed by atoms with Crippen LogP contribution in [0.15, 0.2) is 30.3 Å². The molecule has 2 atom stereocenters. The molecule has 0 saturated carbocycles. The van der Waals surface area contributed by atoms with E-state index in [1.54, 1.807) is 27.7 Å². The molecule has 6 nitrogen and oxygen atoms in total. The molecule has 0 aliphatic heterocycles. The summed E-state index contributed by atoms with van der Waals surface area (Å²) in [5, 5.41) is 11.6. The van der Waals surface area contributed by atoms with Crippen LogP contribution in [0.25, 0.3) is 0 Å². The zero-order valence-corrected chi connectivity index (χ0v) is 13.3. The Morgan fingerprint density at radius 1 is 1.23 bits per heavy atom. The van der Waals surface area contributed by atoms with Crippen molar-refractivity contribution in [2.24, 2.45) is 0 Å². The van der Waals surface area contributed by atoms with Gasteiger partial charge in [0.25, 0.3) is 0 Å². The number of carbonyl (C=O) groups excluding carboxylic acids is 1. The number of carbonyl (C=O) groups is 2. The molecule has 0 fully saturated rings. The number of carboxylic acid groups (broad SMARTS) is 1. The molecule has 0 aliphatic rings. The van der Waals surface area contributed by atoms with Gasteiger partial charge in [-0.3, -0.25) is 0 Å². The Hall–Kier alpha value is -2.08. The molecule has 0 heterocycles. The molecule has 0 aromatic heterocycles. The van der Waals surface area contributed by atoms with Gasteiger partial charge < -0.3 is 19.9 Å². The molecule has 0 aliphatic carbocycles. The van der Waals surface area contributed by atoms with Crippen LogP contribution in [0.3, 0.4) is 0 Å². The normalized spacial score (nSPS) is 14.0. The van der Waals surface area contributed by atoms with Gasteiger partial charge in [-0.25, -0.2) is 9.59 Å². The molecule has 1 aromatic rings. The van der Waals surface area contributed by atoms with E-state index in [1.165, 1.54) is 0 Å². The molecule has 122 valence electrons. The number of carboxylic acids is 1. The Morgan fingerprint density at radius 3 is 2.32 bits per heavy atom. The second kappa shape index (κ2) is 7.79. The van der Waals surface area contributed by atoms with Crippen LogP contribution in [0, 0.1) is 0 Å². The van der Waals surface area contributed by atoms with Crippen molar-refractivity contribution in [2.45, 2.75) is 52.0 Å². The van der Waals surface area contributed by atoms with Crippen molar-refractivity contribution in [3.05, 3.63) is 35.9 Å². The monoisotopic (exact) mass is 309 g/mol. The smallest absolute Gasteiger partial charge is 0.408 e. The Morgan fingerprint density at radius 2 is 1.82 bits per heavy atom. The second-order valence-electron chi connectivity index (χ2n) is 5.96. The maximum Gasteiger partial charge on any atom is 0.408 e. The topological polar surface area (TPSA) is 84.9 Å². The first-order valence-electron chi connectivity index (χ1n) is 7.07. The van der Waals surface area contributed by atoms with Gasteiger partial charge in [-0.05, 0) is 33.3 Å². The maximum atomic E-state index is 11.7. The maximum absolute atomic E-state index is 11.7. The number of rotatable bonds is 6. The zero-order chi connectivity index (χ0) is 16.8. The third-order valence-electron chi connectivity index (χ3n) is 2.76. The molecule has 0 unspecified atom stereocenters. The van der Waals surface area contributed by atoms with Crippen LogP contribution >= 0.6 is 0 Å². The molecule has 22 heavy (non-hydrogen) atoms. The third-order valence-corrected chi connectivity index (χ3v) is 2.76. The lowest BCUT2D eigenvalue weighted by Crippen LogP contribution is -2.50. The lowest BCUT2D eigenvalue weighted by atomic mass is 10.1. The van der Waals surface area contributed by atoms with Crippen LogP contribution in [0.2, 0.25) is 0 Å². The summed E-state index contributed by atoms with van der Waals surface area (Å²) in [6.45, 7) is 6.98. The highest BCUT2D eigenvalue weighted by Gasteiger charge is 2.29. The van der Waals surface area contributed by atoms with Crippen LogP contribution in [-0.4, -0.2) is 34.9 Å². The van der Waals surface area contributed by atoms with Crippen LogP contribution < -0.4 is 5.32 Å². The fourth-order valence-electron chi connectivity index (χ4n) is 1.71. The highest BCUT2D eigenvalue weighted by atomic mass is 16.6. The number of hydrogen-bond acceptors (Lipinski definition) is 4. The van der Waals surface area contributed by atoms with E-state index >= 15 is 0 Å². The van der Waals surface area contributed by atoms with Gasteiger partial charge >= 0.3 is 12.1 Å². The standard InChI is InChI=1S/C16H23NO5/c1-11(21-10-12-8-6-5-7-9-12)13(14(18)19)17-15(20)22-16(2,3)4/h5-9,11,13H,10H2,1-4H3,(H,17,20)(H,18,19)/t11-,13+/m0/s1. The molecule has 6 heteroatoms. The highest BCUT2D eigenvalue weighted by Crippen LogP contribution is 2.09. The van der Waals surface area contributed by atoms with Gasteiger partial charge in [-0.15, -0.1) is 0 Å². The zero-order valence-electron chi connectivity index (χ0n) is 13.3. The second-order valence-corrected chi connectivity index (χ2v) is 5.96. The summed E-state index contributed by atoms with van der Waals surface area (Å²) in [5.74, 6) is -1.17. The molecular weight excluding hydrogens is 286 g/mol. The highest BCUT2D eigenvalue weighted by molar-refractivity contribution is 5.80. The Kier molecular flexibility index (Phi) is 6.37. The summed E-state index contributed by atoms with van der Waals surface area (Å²) in [5.41, 5.74) is 0.233. The average Bonchev–Trinajstić information content (AvgIpc) is 2.41. The van der Waals surface area contributed by atoms with Crippen molar-refractivity contribution in [1.29, 1.82) is 0 Å². The number of aliphatic carboxylic acids is 1. The lowest BCUT2D eigenvalue weighted by molar-refractivity contribution is -0.143. The summed E-state index contributed by atoms with van der Waals surface area (Å²) in [6, 6.07) is 8.21. The van der Waals surface area contributed by atoms with E-state index in [2.05, 4.69) is 5.32 Å². The average molecular weight is 309 g/mol. The molecule has 0 saturated heterocycles. The quantitative estimate of drug-likeness (QED) is 0.843. The van der Waals surface area contributed by atoms with Gasteiger partial charge in [0, 0.05) is 0 Å². The molecule has 1 amide bonds. The van der Waals surface area contributed by atoms with Crippen molar-refractivity contribution >= 4 is 12.1 Å². The number of nitrogens with one attached hydrogen (secondary N) is 1. The minimum Gasteiger partial charge on any atom is -0.480 e. The van der Waals surface area contributed by atoms with E-state index in [0.717, 1.165) is 5.56 Å². The van der Waals surface area contributed by atoms with Gasteiger partial charge in [-0.2, -0.15) is 0 Å². The Bertz CT molecular complexity index is 495. The van der Waals surface area contributed by atoms with Crippen LogP contribution in [-0.2, 0) is 20.9 Å². The number of hydrogen-bond donors (Lipinski definition) is 2. The van der Waals surface area contributed by atoms with Gasteiger partial charge in [0.05, 0.1) is 12.7 Å². The largest absolute Gasteiger partial charge is 0.480 e. The van der Waals surface area contributed by atoms with E-state index in [4.69, 9.17) is 9.47 Å². The van der Waals surface area contributed by atoms with Crippen LogP contribution in [0.5, 0.6) is 0 Å². The summed E-state index contributed by atoms with van der Waals surface area (Å²) in [6.07, 6.45) is -1.49. The van der Waals surface area contributed by atoms with Gasteiger partial charge in [0.15, 0.2) is 6.04 Å². The van der Waals surface area contributed by atoms with E-state index < -0.39 is 29.8 Å². The van der Waals surface area contributed by atoms with E-state index in [1.807, 2.05) is 30.3 Å². The SMILES string of the molecule is C[C@H](OCc1ccccc1)[C@@H](NC(=O)OC(C)(C)C)C(=O)O. The summed E-state index contributed by atoms with van der Waals surface area (Å²) in [4.78, 5) is 23.0. The minimum atomic E-state index is -1.18. The molecule has 2 N–H and O–H groups in total. The Labute approximate surface area is 130 Å². The van der Waals surface area contributed by atoms with Crippen LogP contribution in [0.4, 0.5) is 4.79 Å². The fourth-order valence-corrected chi connectivity index (χ4v) is 1.71. The van der Waals surface area contributed by atoms with Gasteiger partial charge in [-0.1, -0.05) is 30.3 Å². The van der Waals surface area contributed by atoms with E-state index in [0.29, 0.717) is 0 Å². The van der Waals surface area contributed by atoms with Crippen molar-refractivity contribution in [3.63, 3.8) is 0 Å². The minimum absolute atomic E-state index is 0.266. The first kappa shape index (κ1) is 18.0. The van der Waals surface area contributed by atoms with Crippen molar-refractivity contribution in [1.82, 2.24) is 5.32 Å². The van der Waals surface area contributed by atoms with Crippen molar-refractivity contribution < 1.29 is 24.2 Å². The van der Waals surface area contributed by atoms with Crippen LogP contribution in [0.1, 0.15) is 33.3 Å². The first-order chi connectivity index (χ1) is 10.2. The third kappa shape index (κ3) is 6.58. The molecule has 0 spiro atoms. The molecule has 1 aromatic carbocycles. The molecule has 0 bridgehead atoms. The van der Waals surface area contributed by atoms with E-state index in [-0.39, 0.29) is 6.61 Å². The number of alkyl carbamates (subject to hydrolysis) is 1. The summed E-state index contributed by atoms with van der Waals surface area (Å²) < 4.78 is 10.6. The molecule has 0 radical (unpaired) electrons. The fraction of sp³-hybridized carbons (Fsp3) is 0.500. The number of amides is 1. The molecular formula is C16H23NO5. The van der Waals surface area contributed by atoms with Crippen molar-refractivity contribution in [3.8, 4) is 0 Å². The van der Waals surface area contributed by atoms with Gasteiger partial charge in [0.2, 0.25) is 0 Å². The Balaban J connectivity index is 2.58. The first-order valence-corrected chi connectivity index (χ1v) is 7.07.